The van der Waals surface area contributed by atoms with Crippen molar-refractivity contribution in [3.8, 4) is 0 Å². The second-order valence-electron chi connectivity index (χ2n) is 5.76. The smallest absolute Gasteiger partial charge is 0.101 e. The third kappa shape index (κ3) is 22.4. The zero-order valence-corrected chi connectivity index (χ0v) is 16.1. The van der Waals surface area contributed by atoms with Gasteiger partial charge >= 0.3 is 0 Å². The lowest BCUT2D eigenvalue weighted by atomic mass is 10.1. The molecule has 0 spiro atoms. The first-order valence-corrected chi connectivity index (χ1v) is 9.55. The molecule has 0 unspecified atom stereocenters. The predicted molar refractivity (Wildman–Crippen MR) is 110 cm³/mol. The molecule has 0 atom stereocenters. The maximum atomic E-state index is 4.71. The normalized spacial score (nSPS) is 13.2. The molecular weight excluding hydrogens is 308 g/mol. The molecule has 0 heterocycles. The summed E-state index contributed by atoms with van der Waals surface area (Å²) in [6.07, 6.45) is 35.1. The van der Waals surface area contributed by atoms with Gasteiger partial charge in [-0.25, -0.2) is 9.78 Å². The van der Waals surface area contributed by atoms with E-state index in [-0.39, 0.29) is 0 Å². The summed E-state index contributed by atoms with van der Waals surface area (Å²) in [7, 11) is 1.50. The summed E-state index contributed by atoms with van der Waals surface area (Å²) in [4.78, 5) is 9.18. The quantitative estimate of drug-likeness (QED) is 0.129. The molecule has 25 heavy (non-hydrogen) atoms. The molecule has 0 N–H and O–H groups in total. The molecule has 0 aliphatic rings. The molecule has 0 fully saturated rings. The van der Waals surface area contributed by atoms with E-state index in [1.54, 1.807) is 0 Å². The van der Waals surface area contributed by atoms with Gasteiger partial charge in [0.15, 0.2) is 0 Å². The van der Waals surface area contributed by atoms with Gasteiger partial charge in [-0.05, 0) is 12.8 Å². The second kappa shape index (κ2) is 22.4. The molecule has 0 aromatic rings. The highest BCUT2D eigenvalue weighted by atomic mass is 17.2. The average molecular weight is 345 g/mol. The molecule has 0 radical (unpaired) electrons. The van der Waals surface area contributed by atoms with Gasteiger partial charge in [-0.2, -0.15) is 0 Å². The lowest BCUT2D eigenvalue weighted by molar-refractivity contribution is -0.263. The first kappa shape index (κ1) is 23.4. The van der Waals surface area contributed by atoms with Crippen molar-refractivity contribution in [1.82, 2.24) is 0 Å². The molecule has 0 bridgehead atoms. The fourth-order valence-corrected chi connectivity index (χ4v) is 2.15. The molecule has 2 heteroatoms. The van der Waals surface area contributed by atoms with Gasteiger partial charge in [0, 0.05) is 0 Å². The van der Waals surface area contributed by atoms with Crippen LogP contribution >= 0.6 is 0 Å². The minimum Gasteiger partial charge on any atom is -0.240 e. The van der Waals surface area contributed by atoms with E-state index in [1.807, 2.05) is 48.6 Å². The van der Waals surface area contributed by atoms with Crippen molar-refractivity contribution in [2.45, 2.75) is 58.3 Å². The Bertz CT molecular complexity index is 425. The Morgan fingerprint density at radius 1 is 0.560 bits per heavy atom. The molecule has 0 aromatic carbocycles. The first-order valence-electron chi connectivity index (χ1n) is 9.55. The van der Waals surface area contributed by atoms with Crippen LogP contribution in [0.2, 0.25) is 0 Å². The van der Waals surface area contributed by atoms with E-state index >= 15 is 0 Å². The topological polar surface area (TPSA) is 18.5 Å². The van der Waals surface area contributed by atoms with Crippen LogP contribution in [0.15, 0.2) is 72.9 Å². The zero-order valence-electron chi connectivity index (χ0n) is 16.1. The number of allylic oxidation sites excluding steroid dienone is 11. The van der Waals surface area contributed by atoms with Crippen LogP contribution in [-0.2, 0) is 9.78 Å². The van der Waals surface area contributed by atoms with Gasteiger partial charge in [0.25, 0.3) is 0 Å². The maximum Gasteiger partial charge on any atom is 0.101 e. The summed E-state index contributed by atoms with van der Waals surface area (Å²) in [5.41, 5.74) is 0. The fraction of sp³-hybridized carbons (Fsp3) is 0.478. The third-order valence-corrected chi connectivity index (χ3v) is 3.53. The number of rotatable bonds is 16. The standard InChI is InChI=1S/C23H36O2/c1-3-4-5-6-7-8-9-10-11-12-13-14-15-16-17-18-19-20-21-22-23-25-24-2/h11-22H,3-10,23H2,1-2H3/b12-11-,14-13+,16-15+,18-17+,20-19+,22-21+. The number of hydrogen-bond donors (Lipinski definition) is 0. The molecule has 0 aliphatic heterocycles. The van der Waals surface area contributed by atoms with Gasteiger partial charge in [0.05, 0.1) is 7.11 Å². The van der Waals surface area contributed by atoms with Crippen LogP contribution in [0.3, 0.4) is 0 Å². The Hall–Kier alpha value is -1.64. The van der Waals surface area contributed by atoms with Gasteiger partial charge in [-0.3, -0.25) is 0 Å². The van der Waals surface area contributed by atoms with E-state index in [9.17, 15) is 0 Å². The molecular formula is C23H36O2. The number of unbranched alkanes of at least 4 members (excludes halogenated alkanes) is 7. The maximum absolute atomic E-state index is 4.71. The van der Waals surface area contributed by atoms with Gasteiger partial charge in [0.1, 0.15) is 6.61 Å². The van der Waals surface area contributed by atoms with Crippen LogP contribution in [0.4, 0.5) is 0 Å². The van der Waals surface area contributed by atoms with E-state index in [0.29, 0.717) is 6.61 Å². The summed E-state index contributed by atoms with van der Waals surface area (Å²) in [5.74, 6) is 0. The van der Waals surface area contributed by atoms with Crippen molar-refractivity contribution < 1.29 is 9.78 Å². The van der Waals surface area contributed by atoms with Gasteiger partial charge in [0.2, 0.25) is 0 Å². The monoisotopic (exact) mass is 344 g/mol. The Morgan fingerprint density at radius 2 is 1.04 bits per heavy atom. The van der Waals surface area contributed by atoms with E-state index in [4.69, 9.17) is 4.89 Å². The van der Waals surface area contributed by atoms with Crippen LogP contribution in [0.1, 0.15) is 58.3 Å². The zero-order chi connectivity index (χ0) is 18.3. The molecule has 0 aromatic heterocycles. The highest BCUT2D eigenvalue weighted by molar-refractivity contribution is 5.19. The summed E-state index contributed by atoms with van der Waals surface area (Å²) in [6.45, 7) is 2.73. The number of hydrogen-bond acceptors (Lipinski definition) is 2. The summed E-state index contributed by atoms with van der Waals surface area (Å²) in [5, 5.41) is 0. The summed E-state index contributed by atoms with van der Waals surface area (Å²) in [6, 6.07) is 0. The molecule has 0 amide bonds. The van der Waals surface area contributed by atoms with Gasteiger partial charge in [-0.15, -0.1) is 0 Å². The van der Waals surface area contributed by atoms with Gasteiger partial charge < -0.3 is 0 Å². The molecule has 0 saturated heterocycles. The highest BCUT2D eigenvalue weighted by Crippen LogP contribution is 2.08. The fourth-order valence-electron chi connectivity index (χ4n) is 2.15. The van der Waals surface area contributed by atoms with Crippen molar-refractivity contribution in [2.75, 3.05) is 13.7 Å². The SMILES string of the molecule is CCCCCCCCC\C=C/C=C/C=C/C=C/C=C/C=C/COOC. The second-order valence-corrected chi connectivity index (χ2v) is 5.76. The predicted octanol–water partition coefficient (Wildman–Crippen LogP) is 7.04. The van der Waals surface area contributed by atoms with Crippen molar-refractivity contribution in [3.05, 3.63) is 72.9 Å². The molecule has 0 aliphatic carbocycles. The van der Waals surface area contributed by atoms with E-state index in [1.165, 1.54) is 58.5 Å². The summed E-state index contributed by atoms with van der Waals surface area (Å²) < 4.78 is 0. The molecule has 0 rings (SSSR count). The third-order valence-electron chi connectivity index (χ3n) is 3.53. The van der Waals surface area contributed by atoms with E-state index < -0.39 is 0 Å². The van der Waals surface area contributed by atoms with E-state index in [2.05, 4.69) is 36.1 Å². The lowest BCUT2D eigenvalue weighted by Crippen LogP contribution is -1.86. The largest absolute Gasteiger partial charge is 0.240 e. The first-order chi connectivity index (χ1) is 12.4. The highest BCUT2D eigenvalue weighted by Gasteiger charge is 1.88. The Morgan fingerprint density at radius 3 is 1.60 bits per heavy atom. The Balaban J connectivity index is 3.53. The minimum absolute atomic E-state index is 0.460. The van der Waals surface area contributed by atoms with Gasteiger partial charge in [-0.1, -0.05) is 118 Å². The van der Waals surface area contributed by atoms with Crippen LogP contribution in [0.25, 0.3) is 0 Å². The minimum atomic E-state index is 0.460. The molecule has 2 nitrogen and oxygen atoms in total. The average Bonchev–Trinajstić information content (AvgIpc) is 2.63. The van der Waals surface area contributed by atoms with Crippen molar-refractivity contribution in [1.29, 1.82) is 0 Å². The van der Waals surface area contributed by atoms with Crippen molar-refractivity contribution >= 4 is 0 Å². The van der Waals surface area contributed by atoms with Crippen LogP contribution in [0.5, 0.6) is 0 Å². The van der Waals surface area contributed by atoms with Crippen LogP contribution < -0.4 is 0 Å². The lowest BCUT2D eigenvalue weighted by Gasteiger charge is -1.98. The van der Waals surface area contributed by atoms with Crippen molar-refractivity contribution in [2.24, 2.45) is 0 Å². The Kier molecular flexibility index (Phi) is 20.9. The van der Waals surface area contributed by atoms with Crippen LogP contribution in [-0.4, -0.2) is 13.7 Å². The summed E-state index contributed by atoms with van der Waals surface area (Å²) >= 11 is 0. The molecule has 140 valence electrons. The van der Waals surface area contributed by atoms with Crippen molar-refractivity contribution in [3.63, 3.8) is 0 Å². The van der Waals surface area contributed by atoms with E-state index in [0.717, 1.165) is 0 Å². The Labute approximate surface area is 155 Å². The molecule has 0 saturated carbocycles. The van der Waals surface area contributed by atoms with Crippen LogP contribution in [0, 0.1) is 0 Å².